The van der Waals surface area contributed by atoms with Crippen LogP contribution in [0.4, 0.5) is 5.69 Å². The van der Waals surface area contributed by atoms with Crippen molar-refractivity contribution in [2.45, 2.75) is 25.7 Å². The Hall–Kier alpha value is -1.20. The number of nitrogens with one attached hydrogen (secondary N) is 1. The molecule has 0 aromatic heterocycles. The lowest BCUT2D eigenvalue weighted by atomic mass is 10.1. The highest BCUT2D eigenvalue weighted by Gasteiger charge is 2.14. The summed E-state index contributed by atoms with van der Waals surface area (Å²) in [4.78, 5) is 0. The lowest BCUT2D eigenvalue weighted by molar-refractivity contribution is 0.580. The predicted molar refractivity (Wildman–Crippen MR) is 66.6 cm³/mol. The molecule has 1 N–H and O–H groups in total. The van der Waals surface area contributed by atoms with Gasteiger partial charge in [-0.15, -0.1) is 0 Å². The van der Waals surface area contributed by atoms with Gasteiger partial charge in [0.05, 0.1) is 22.3 Å². The van der Waals surface area contributed by atoms with Crippen molar-refractivity contribution in [3.63, 3.8) is 0 Å². The molecule has 0 aliphatic heterocycles. The van der Waals surface area contributed by atoms with Gasteiger partial charge in [-0.05, 0) is 37.0 Å². The Morgan fingerprint density at radius 3 is 2.75 bits per heavy atom. The van der Waals surface area contributed by atoms with Gasteiger partial charge in [0.25, 0.3) is 0 Å². The number of hydrogen-bond donors (Lipinski definition) is 1. The van der Waals surface area contributed by atoms with Crippen molar-refractivity contribution in [3.05, 3.63) is 28.8 Å². The maximum Gasteiger partial charge on any atom is 0.0992 e. The summed E-state index contributed by atoms with van der Waals surface area (Å²) in [6.07, 6.45) is 5.35. The van der Waals surface area contributed by atoms with Crippen LogP contribution in [-0.2, 0) is 0 Å². The average molecular weight is 235 g/mol. The molecule has 0 unspecified atom stereocenters. The molecule has 0 bridgehead atoms. The first-order valence-electron chi connectivity index (χ1n) is 5.73. The second kappa shape index (κ2) is 5.23. The van der Waals surface area contributed by atoms with E-state index in [1.165, 1.54) is 25.7 Å². The number of rotatable bonds is 3. The lowest BCUT2D eigenvalue weighted by Gasteiger charge is -2.12. The van der Waals surface area contributed by atoms with Crippen LogP contribution in [0.15, 0.2) is 18.2 Å². The van der Waals surface area contributed by atoms with Gasteiger partial charge < -0.3 is 5.32 Å². The zero-order valence-corrected chi connectivity index (χ0v) is 9.93. The molecule has 1 aromatic rings. The van der Waals surface area contributed by atoms with Crippen LogP contribution >= 0.6 is 11.6 Å². The van der Waals surface area contributed by atoms with E-state index in [2.05, 4.69) is 11.4 Å². The predicted octanol–water partition coefficient (Wildman–Crippen LogP) is 3.81. The Balaban J connectivity index is 1.96. The van der Waals surface area contributed by atoms with E-state index in [-0.39, 0.29) is 0 Å². The quantitative estimate of drug-likeness (QED) is 0.863. The van der Waals surface area contributed by atoms with Gasteiger partial charge in [-0.2, -0.15) is 5.26 Å². The van der Waals surface area contributed by atoms with Gasteiger partial charge in [0.15, 0.2) is 0 Å². The van der Waals surface area contributed by atoms with Gasteiger partial charge >= 0.3 is 0 Å². The smallest absolute Gasteiger partial charge is 0.0992 e. The monoisotopic (exact) mass is 234 g/mol. The summed E-state index contributed by atoms with van der Waals surface area (Å²) < 4.78 is 0. The van der Waals surface area contributed by atoms with Crippen LogP contribution in [0.3, 0.4) is 0 Å². The Bertz CT molecular complexity index is 403. The lowest BCUT2D eigenvalue weighted by Crippen LogP contribution is -2.11. The molecule has 3 heteroatoms. The normalized spacial score (nSPS) is 16.0. The minimum absolute atomic E-state index is 0.608. The summed E-state index contributed by atoms with van der Waals surface area (Å²) in [5.74, 6) is 0.784. The van der Waals surface area contributed by atoms with Crippen LogP contribution in [0.5, 0.6) is 0 Å². The van der Waals surface area contributed by atoms with E-state index < -0.39 is 0 Å². The topological polar surface area (TPSA) is 35.8 Å². The number of benzene rings is 1. The standard InChI is InChI=1S/C13H15ClN2/c14-12-7-11(8-15)5-6-13(12)16-9-10-3-1-2-4-10/h5-7,10,16H,1-4,9H2. The first-order valence-corrected chi connectivity index (χ1v) is 6.11. The van der Waals surface area contributed by atoms with E-state index in [4.69, 9.17) is 16.9 Å². The molecule has 0 heterocycles. The number of nitrogens with zero attached hydrogens (tertiary/aromatic N) is 1. The molecule has 2 rings (SSSR count). The minimum Gasteiger partial charge on any atom is -0.384 e. The molecule has 1 aliphatic carbocycles. The van der Waals surface area contributed by atoms with Crippen LogP contribution in [0.2, 0.25) is 5.02 Å². The number of halogens is 1. The number of nitriles is 1. The van der Waals surface area contributed by atoms with E-state index >= 15 is 0 Å². The first-order chi connectivity index (χ1) is 7.79. The van der Waals surface area contributed by atoms with Crippen molar-refractivity contribution < 1.29 is 0 Å². The van der Waals surface area contributed by atoms with Crippen LogP contribution in [0.25, 0.3) is 0 Å². The highest BCUT2D eigenvalue weighted by atomic mass is 35.5. The molecule has 0 saturated heterocycles. The average Bonchev–Trinajstić information content (AvgIpc) is 2.80. The summed E-state index contributed by atoms with van der Waals surface area (Å²) in [5.41, 5.74) is 1.55. The van der Waals surface area contributed by atoms with Crippen molar-refractivity contribution in [3.8, 4) is 6.07 Å². The fourth-order valence-electron chi connectivity index (χ4n) is 2.20. The molecular weight excluding hydrogens is 220 g/mol. The minimum atomic E-state index is 0.608. The van der Waals surface area contributed by atoms with E-state index in [1.807, 2.05) is 6.07 Å². The van der Waals surface area contributed by atoms with Gasteiger partial charge in [-0.1, -0.05) is 24.4 Å². The van der Waals surface area contributed by atoms with E-state index in [0.29, 0.717) is 10.6 Å². The van der Waals surface area contributed by atoms with E-state index in [1.54, 1.807) is 12.1 Å². The van der Waals surface area contributed by atoms with E-state index in [9.17, 15) is 0 Å². The van der Waals surface area contributed by atoms with Gasteiger partial charge in [0, 0.05) is 6.54 Å². The molecule has 0 spiro atoms. The van der Waals surface area contributed by atoms with Crippen molar-refractivity contribution in [1.82, 2.24) is 0 Å². The summed E-state index contributed by atoms with van der Waals surface area (Å²) >= 11 is 6.08. The fraction of sp³-hybridized carbons (Fsp3) is 0.462. The van der Waals surface area contributed by atoms with Crippen LogP contribution in [0.1, 0.15) is 31.2 Å². The van der Waals surface area contributed by atoms with Crippen molar-refractivity contribution in [2.75, 3.05) is 11.9 Å². The van der Waals surface area contributed by atoms with Crippen molar-refractivity contribution in [2.24, 2.45) is 5.92 Å². The largest absolute Gasteiger partial charge is 0.384 e. The Kier molecular flexibility index (Phi) is 3.69. The molecule has 16 heavy (non-hydrogen) atoms. The fourth-order valence-corrected chi connectivity index (χ4v) is 2.44. The third-order valence-electron chi connectivity index (χ3n) is 3.15. The highest BCUT2D eigenvalue weighted by molar-refractivity contribution is 6.33. The van der Waals surface area contributed by atoms with Gasteiger partial charge in [-0.3, -0.25) is 0 Å². The van der Waals surface area contributed by atoms with Crippen molar-refractivity contribution in [1.29, 1.82) is 5.26 Å². The summed E-state index contributed by atoms with van der Waals surface area (Å²) in [7, 11) is 0. The van der Waals surface area contributed by atoms with Gasteiger partial charge in [0.1, 0.15) is 0 Å². The number of anilines is 1. The molecule has 1 aromatic carbocycles. The highest BCUT2D eigenvalue weighted by Crippen LogP contribution is 2.27. The van der Waals surface area contributed by atoms with Gasteiger partial charge in [0.2, 0.25) is 0 Å². The van der Waals surface area contributed by atoms with Crippen molar-refractivity contribution >= 4 is 17.3 Å². The third kappa shape index (κ3) is 2.68. The molecule has 1 saturated carbocycles. The summed E-state index contributed by atoms with van der Waals surface area (Å²) in [6.45, 7) is 0.992. The molecule has 0 amide bonds. The molecule has 2 nitrogen and oxygen atoms in total. The van der Waals surface area contributed by atoms with Gasteiger partial charge in [-0.25, -0.2) is 0 Å². The summed E-state index contributed by atoms with van der Waals surface area (Å²) in [6, 6.07) is 7.47. The molecule has 1 aliphatic rings. The maximum absolute atomic E-state index is 8.73. The molecule has 0 atom stereocenters. The second-order valence-corrected chi connectivity index (χ2v) is 4.75. The molecule has 84 valence electrons. The Morgan fingerprint density at radius 2 is 2.12 bits per heavy atom. The zero-order chi connectivity index (χ0) is 11.4. The van der Waals surface area contributed by atoms with E-state index in [0.717, 1.165) is 18.2 Å². The Morgan fingerprint density at radius 1 is 1.38 bits per heavy atom. The number of hydrogen-bond acceptors (Lipinski definition) is 2. The maximum atomic E-state index is 8.73. The van der Waals surface area contributed by atoms with Crippen LogP contribution in [-0.4, -0.2) is 6.54 Å². The first kappa shape index (κ1) is 11.3. The SMILES string of the molecule is N#Cc1ccc(NCC2CCCC2)c(Cl)c1. The molecule has 0 radical (unpaired) electrons. The van der Waals surface area contributed by atoms with Crippen LogP contribution in [0, 0.1) is 17.2 Å². The summed E-state index contributed by atoms with van der Waals surface area (Å²) in [5, 5.41) is 12.7. The molecule has 1 fully saturated rings. The molecular formula is C13H15ClN2. The zero-order valence-electron chi connectivity index (χ0n) is 9.17. The third-order valence-corrected chi connectivity index (χ3v) is 3.47. The van der Waals surface area contributed by atoms with Crippen LogP contribution < -0.4 is 5.32 Å². The Labute approximate surface area is 101 Å². The second-order valence-electron chi connectivity index (χ2n) is 4.34.